The van der Waals surface area contributed by atoms with Crippen molar-refractivity contribution in [1.82, 2.24) is 4.98 Å². The average Bonchev–Trinajstić information content (AvgIpc) is 2.76. The van der Waals surface area contributed by atoms with E-state index in [1.807, 2.05) is 12.1 Å². The molecular formula is C12H9FN2S. The molecule has 0 fully saturated rings. The highest BCUT2D eigenvalue weighted by atomic mass is 32.1. The van der Waals surface area contributed by atoms with Crippen LogP contribution >= 0.6 is 11.3 Å². The highest BCUT2D eigenvalue weighted by Crippen LogP contribution is 2.14. The molecule has 1 aromatic heterocycles. The van der Waals surface area contributed by atoms with Gasteiger partial charge in [0.2, 0.25) is 0 Å². The van der Waals surface area contributed by atoms with Gasteiger partial charge in [-0.15, -0.1) is 11.3 Å². The second-order valence-corrected chi connectivity index (χ2v) is 4.27. The van der Waals surface area contributed by atoms with Crippen LogP contribution < -0.4 is 0 Å². The van der Waals surface area contributed by atoms with Crippen LogP contribution in [0.2, 0.25) is 0 Å². The number of aryl methyl sites for hydroxylation is 2. The average molecular weight is 232 g/mol. The van der Waals surface area contributed by atoms with Crippen molar-refractivity contribution < 1.29 is 4.39 Å². The van der Waals surface area contributed by atoms with Gasteiger partial charge in [0.25, 0.3) is 0 Å². The number of rotatable bonds is 3. The lowest BCUT2D eigenvalue weighted by atomic mass is 10.1. The van der Waals surface area contributed by atoms with Crippen molar-refractivity contribution in [3.8, 4) is 6.07 Å². The Morgan fingerprint density at radius 1 is 1.31 bits per heavy atom. The van der Waals surface area contributed by atoms with Crippen LogP contribution in [0.4, 0.5) is 4.39 Å². The van der Waals surface area contributed by atoms with Crippen LogP contribution in [0, 0.1) is 17.1 Å². The van der Waals surface area contributed by atoms with Crippen molar-refractivity contribution in [3.05, 3.63) is 51.7 Å². The normalized spacial score (nSPS) is 10.0. The third-order valence-corrected chi connectivity index (χ3v) is 3.14. The molecule has 0 atom stereocenters. The largest absolute Gasteiger partial charge is 0.231 e. The fraction of sp³-hybridized carbons (Fsp3) is 0.167. The third-order valence-electron chi connectivity index (χ3n) is 2.23. The predicted octanol–water partition coefficient (Wildman–Crippen LogP) is 2.94. The van der Waals surface area contributed by atoms with Crippen molar-refractivity contribution in [2.75, 3.05) is 0 Å². The van der Waals surface area contributed by atoms with Crippen molar-refractivity contribution in [1.29, 1.82) is 5.26 Å². The number of hydrogen-bond donors (Lipinski definition) is 0. The van der Waals surface area contributed by atoms with E-state index in [2.05, 4.69) is 4.98 Å². The van der Waals surface area contributed by atoms with Gasteiger partial charge in [-0.25, -0.2) is 9.37 Å². The molecule has 0 unspecified atom stereocenters. The first-order valence-electron chi connectivity index (χ1n) is 4.87. The van der Waals surface area contributed by atoms with Crippen molar-refractivity contribution in [3.63, 3.8) is 0 Å². The smallest absolute Gasteiger partial charge is 0.151 e. The molecule has 2 nitrogen and oxygen atoms in total. The van der Waals surface area contributed by atoms with E-state index in [-0.39, 0.29) is 5.82 Å². The Morgan fingerprint density at radius 3 is 2.81 bits per heavy atom. The van der Waals surface area contributed by atoms with Gasteiger partial charge >= 0.3 is 0 Å². The third kappa shape index (κ3) is 2.44. The van der Waals surface area contributed by atoms with E-state index in [9.17, 15) is 4.39 Å². The molecule has 0 spiro atoms. The van der Waals surface area contributed by atoms with Gasteiger partial charge < -0.3 is 0 Å². The maximum Gasteiger partial charge on any atom is 0.151 e. The molecular weight excluding hydrogens is 223 g/mol. The number of halogens is 1. The monoisotopic (exact) mass is 232 g/mol. The molecule has 0 aliphatic carbocycles. The first-order valence-corrected chi connectivity index (χ1v) is 5.75. The number of nitriles is 1. The molecule has 0 saturated carbocycles. The molecule has 0 radical (unpaired) electrons. The summed E-state index contributed by atoms with van der Waals surface area (Å²) in [6.07, 6.45) is 1.29. The summed E-state index contributed by atoms with van der Waals surface area (Å²) >= 11 is 1.44. The van der Waals surface area contributed by atoms with Crippen LogP contribution in [0.5, 0.6) is 0 Å². The van der Waals surface area contributed by atoms with Gasteiger partial charge in [0, 0.05) is 11.8 Å². The van der Waals surface area contributed by atoms with E-state index in [4.69, 9.17) is 5.26 Å². The number of aromatic nitrogens is 1. The standard InChI is InChI=1S/C12H9FN2S/c13-11-4-2-1-3-9(11)5-6-12-15-10(7-14)8-16-12/h1-4,8H,5-6H2. The van der Waals surface area contributed by atoms with E-state index in [0.717, 1.165) is 5.01 Å². The van der Waals surface area contributed by atoms with Gasteiger partial charge in [0.05, 0.1) is 5.01 Å². The van der Waals surface area contributed by atoms with Crippen molar-refractivity contribution in [2.45, 2.75) is 12.8 Å². The van der Waals surface area contributed by atoms with Crippen molar-refractivity contribution >= 4 is 11.3 Å². The van der Waals surface area contributed by atoms with Crippen LogP contribution in [0.25, 0.3) is 0 Å². The summed E-state index contributed by atoms with van der Waals surface area (Å²) in [7, 11) is 0. The summed E-state index contributed by atoms with van der Waals surface area (Å²) < 4.78 is 13.3. The lowest BCUT2D eigenvalue weighted by molar-refractivity contribution is 0.608. The van der Waals surface area contributed by atoms with Crippen LogP contribution in [0.3, 0.4) is 0 Å². The van der Waals surface area contributed by atoms with Gasteiger partial charge in [-0.2, -0.15) is 5.26 Å². The van der Waals surface area contributed by atoms with Crippen LogP contribution in [0.15, 0.2) is 29.6 Å². The zero-order chi connectivity index (χ0) is 11.4. The maximum absolute atomic E-state index is 13.3. The topological polar surface area (TPSA) is 36.7 Å². The summed E-state index contributed by atoms with van der Waals surface area (Å²) in [5.41, 5.74) is 1.13. The maximum atomic E-state index is 13.3. The van der Waals surface area contributed by atoms with Gasteiger partial charge in [-0.1, -0.05) is 18.2 Å². The number of hydrogen-bond acceptors (Lipinski definition) is 3. The lowest BCUT2D eigenvalue weighted by Gasteiger charge is -2.00. The first kappa shape index (κ1) is 10.8. The molecule has 0 aliphatic heterocycles. The lowest BCUT2D eigenvalue weighted by Crippen LogP contribution is -1.94. The number of thiazole rings is 1. The van der Waals surface area contributed by atoms with E-state index in [0.29, 0.717) is 24.1 Å². The summed E-state index contributed by atoms with van der Waals surface area (Å²) in [5.74, 6) is -0.181. The van der Waals surface area contributed by atoms with Crippen LogP contribution in [-0.4, -0.2) is 4.98 Å². The second kappa shape index (κ2) is 4.86. The second-order valence-electron chi connectivity index (χ2n) is 3.33. The summed E-state index contributed by atoms with van der Waals surface area (Å²) in [5, 5.41) is 11.2. The molecule has 80 valence electrons. The summed E-state index contributed by atoms with van der Waals surface area (Å²) in [6.45, 7) is 0. The molecule has 4 heteroatoms. The Kier molecular flexibility index (Phi) is 3.28. The van der Waals surface area contributed by atoms with E-state index in [1.54, 1.807) is 17.5 Å². The number of nitrogens with zero attached hydrogens (tertiary/aromatic N) is 2. The van der Waals surface area contributed by atoms with Crippen molar-refractivity contribution in [2.24, 2.45) is 0 Å². The molecule has 0 saturated heterocycles. The highest BCUT2D eigenvalue weighted by Gasteiger charge is 2.04. The Bertz CT molecular complexity index is 528. The quantitative estimate of drug-likeness (QED) is 0.815. The predicted molar refractivity (Wildman–Crippen MR) is 60.6 cm³/mol. The van der Waals surface area contributed by atoms with Crippen LogP contribution in [-0.2, 0) is 12.8 Å². The van der Waals surface area contributed by atoms with E-state index in [1.165, 1.54) is 17.4 Å². The number of benzene rings is 1. The fourth-order valence-electron chi connectivity index (χ4n) is 1.42. The van der Waals surface area contributed by atoms with E-state index >= 15 is 0 Å². The minimum Gasteiger partial charge on any atom is -0.231 e. The zero-order valence-electron chi connectivity index (χ0n) is 8.48. The molecule has 16 heavy (non-hydrogen) atoms. The molecule has 0 bridgehead atoms. The molecule has 0 N–H and O–H groups in total. The summed E-state index contributed by atoms with van der Waals surface area (Å²) in [4.78, 5) is 4.11. The Balaban J connectivity index is 2.03. The molecule has 1 aromatic carbocycles. The SMILES string of the molecule is N#Cc1csc(CCc2ccccc2F)n1. The molecule has 2 rings (SSSR count). The Labute approximate surface area is 97.0 Å². The van der Waals surface area contributed by atoms with Gasteiger partial charge in [0.1, 0.15) is 11.9 Å². The zero-order valence-corrected chi connectivity index (χ0v) is 9.30. The van der Waals surface area contributed by atoms with Crippen LogP contribution in [0.1, 0.15) is 16.3 Å². The summed E-state index contributed by atoms with van der Waals surface area (Å²) in [6, 6.07) is 8.71. The van der Waals surface area contributed by atoms with E-state index < -0.39 is 0 Å². The Hall–Kier alpha value is -1.73. The van der Waals surface area contributed by atoms with Gasteiger partial charge in [0.15, 0.2) is 5.69 Å². The molecule has 1 heterocycles. The van der Waals surface area contributed by atoms with Gasteiger partial charge in [-0.3, -0.25) is 0 Å². The molecule has 0 amide bonds. The molecule has 2 aromatic rings. The highest BCUT2D eigenvalue weighted by molar-refractivity contribution is 7.09. The first-order chi connectivity index (χ1) is 7.79. The van der Waals surface area contributed by atoms with Gasteiger partial charge in [-0.05, 0) is 18.1 Å². The molecule has 0 aliphatic rings. The minimum atomic E-state index is -0.181. The fourth-order valence-corrected chi connectivity index (χ4v) is 2.14. The minimum absolute atomic E-state index is 0.181. The Morgan fingerprint density at radius 2 is 2.12 bits per heavy atom.